The summed E-state index contributed by atoms with van der Waals surface area (Å²) in [5.41, 5.74) is -0.292. The summed E-state index contributed by atoms with van der Waals surface area (Å²) >= 11 is 5.22. The molecule has 0 spiro atoms. The first-order valence-electron chi connectivity index (χ1n) is 4.73. The summed E-state index contributed by atoms with van der Waals surface area (Å²) in [6.45, 7) is 3.95. The quantitative estimate of drug-likeness (QED) is 0.764. The molecule has 0 amide bonds. The average molecular weight is 249 g/mol. The summed E-state index contributed by atoms with van der Waals surface area (Å²) in [7, 11) is 0. The number of rotatable bonds is 4. The maximum Gasteiger partial charge on any atom is 0.256 e. The molecular weight excluding hydrogens is 238 g/mol. The van der Waals surface area contributed by atoms with Crippen molar-refractivity contribution in [3.8, 4) is 5.75 Å². The first-order valence-corrected chi connectivity index (χ1v) is 5.11. The van der Waals surface area contributed by atoms with Crippen LogP contribution in [0.25, 0.3) is 0 Å². The molecule has 0 aliphatic heterocycles. The molecule has 0 radical (unpaired) electrons. The number of halogens is 3. The first-order chi connectivity index (χ1) is 7.41. The molecule has 0 N–H and O–H groups in total. The number of hydrogen-bond donors (Lipinski definition) is 0. The van der Waals surface area contributed by atoms with Crippen molar-refractivity contribution in [2.24, 2.45) is 5.92 Å². The molecule has 0 aliphatic carbocycles. The number of ether oxygens (including phenoxy) is 1. The fourth-order valence-corrected chi connectivity index (χ4v) is 1.24. The Morgan fingerprint density at radius 1 is 1.44 bits per heavy atom. The van der Waals surface area contributed by atoms with E-state index in [1.54, 1.807) is 0 Å². The Labute approximate surface area is 97.2 Å². The fourth-order valence-electron chi connectivity index (χ4n) is 1.10. The zero-order valence-electron chi connectivity index (χ0n) is 8.89. The van der Waals surface area contributed by atoms with Gasteiger partial charge in [0.2, 0.25) is 0 Å². The fraction of sp³-hybridized carbons (Fsp3) is 0.364. The Morgan fingerprint density at radius 3 is 2.56 bits per heavy atom. The maximum absolute atomic E-state index is 13.3. The van der Waals surface area contributed by atoms with Gasteiger partial charge in [0.1, 0.15) is 5.82 Å². The maximum atomic E-state index is 13.3. The van der Waals surface area contributed by atoms with Crippen molar-refractivity contribution in [2.45, 2.75) is 13.8 Å². The van der Waals surface area contributed by atoms with Gasteiger partial charge in [-0.05, 0) is 23.6 Å². The van der Waals surface area contributed by atoms with Crippen molar-refractivity contribution < 1.29 is 18.3 Å². The van der Waals surface area contributed by atoms with Gasteiger partial charge in [0, 0.05) is 6.07 Å². The predicted octanol–water partition coefficient (Wildman–Crippen LogP) is 3.38. The zero-order valence-corrected chi connectivity index (χ0v) is 9.65. The second kappa shape index (κ2) is 5.25. The van der Waals surface area contributed by atoms with Gasteiger partial charge < -0.3 is 4.74 Å². The third-order valence-electron chi connectivity index (χ3n) is 1.78. The highest BCUT2D eigenvalue weighted by atomic mass is 35.5. The number of carbonyl (C=O) groups is 1. The van der Waals surface area contributed by atoms with Crippen molar-refractivity contribution >= 4 is 16.8 Å². The minimum Gasteiger partial charge on any atom is -0.489 e. The lowest BCUT2D eigenvalue weighted by Crippen LogP contribution is -2.09. The highest BCUT2D eigenvalue weighted by molar-refractivity contribution is 6.68. The van der Waals surface area contributed by atoms with Gasteiger partial charge in [0.25, 0.3) is 5.24 Å². The Hall–Kier alpha value is -1.16. The van der Waals surface area contributed by atoms with Gasteiger partial charge in [0.15, 0.2) is 11.6 Å². The van der Waals surface area contributed by atoms with Crippen LogP contribution in [0.1, 0.15) is 24.2 Å². The molecule has 0 atom stereocenters. The Bertz CT molecular complexity index is 405. The summed E-state index contributed by atoms with van der Waals surface area (Å²) in [6, 6.07) is 1.51. The van der Waals surface area contributed by atoms with Gasteiger partial charge in [0.05, 0.1) is 12.2 Å². The lowest BCUT2D eigenvalue weighted by Gasteiger charge is -2.12. The van der Waals surface area contributed by atoms with E-state index in [1.165, 1.54) is 0 Å². The molecule has 0 bridgehead atoms. The van der Waals surface area contributed by atoms with Gasteiger partial charge in [-0.15, -0.1) is 0 Å². The highest BCUT2D eigenvalue weighted by Gasteiger charge is 2.17. The van der Waals surface area contributed by atoms with Crippen LogP contribution in [0, 0.1) is 17.6 Å². The molecule has 2 nitrogen and oxygen atoms in total. The largest absolute Gasteiger partial charge is 0.489 e. The summed E-state index contributed by atoms with van der Waals surface area (Å²) in [5, 5.41) is -0.947. The smallest absolute Gasteiger partial charge is 0.256 e. The second-order valence-electron chi connectivity index (χ2n) is 3.74. The van der Waals surface area contributed by atoms with Crippen LogP contribution in [0.4, 0.5) is 8.78 Å². The summed E-state index contributed by atoms with van der Waals surface area (Å²) < 4.78 is 31.3. The third-order valence-corrected chi connectivity index (χ3v) is 1.98. The van der Waals surface area contributed by atoms with Crippen molar-refractivity contribution in [3.05, 3.63) is 29.3 Å². The molecule has 0 saturated carbocycles. The second-order valence-corrected chi connectivity index (χ2v) is 4.09. The van der Waals surface area contributed by atoms with Gasteiger partial charge in [-0.3, -0.25) is 4.79 Å². The molecule has 1 rings (SSSR count). The third kappa shape index (κ3) is 3.17. The average Bonchev–Trinajstić information content (AvgIpc) is 2.14. The molecule has 0 aliphatic rings. The molecule has 1 aromatic rings. The predicted molar refractivity (Wildman–Crippen MR) is 56.9 cm³/mol. The van der Waals surface area contributed by atoms with Crippen molar-refractivity contribution in [1.29, 1.82) is 0 Å². The molecule has 88 valence electrons. The summed E-state index contributed by atoms with van der Waals surface area (Å²) in [4.78, 5) is 11.0. The van der Waals surface area contributed by atoms with E-state index in [9.17, 15) is 13.6 Å². The minimum absolute atomic E-state index is 0.155. The molecule has 0 aromatic heterocycles. The van der Waals surface area contributed by atoms with Crippen LogP contribution in [0.2, 0.25) is 0 Å². The highest BCUT2D eigenvalue weighted by Crippen LogP contribution is 2.26. The number of carbonyl (C=O) groups excluding carboxylic acids is 1. The van der Waals surface area contributed by atoms with Gasteiger partial charge in [-0.1, -0.05) is 13.8 Å². The summed E-state index contributed by atoms with van der Waals surface area (Å²) in [6.07, 6.45) is 0. The SMILES string of the molecule is CC(C)COc1c(F)cc(F)cc1C(=O)Cl. The summed E-state index contributed by atoms with van der Waals surface area (Å²) in [5.74, 6) is -1.93. The molecule has 5 heteroatoms. The van der Waals surface area contributed by atoms with Crippen LogP contribution in [0.5, 0.6) is 5.75 Å². The van der Waals surface area contributed by atoms with E-state index in [-0.39, 0.29) is 23.8 Å². The monoisotopic (exact) mass is 248 g/mol. The number of hydrogen-bond acceptors (Lipinski definition) is 2. The van der Waals surface area contributed by atoms with E-state index in [1.807, 2.05) is 13.8 Å². The van der Waals surface area contributed by atoms with Crippen molar-refractivity contribution in [3.63, 3.8) is 0 Å². The zero-order chi connectivity index (χ0) is 12.3. The van der Waals surface area contributed by atoms with Crippen LogP contribution >= 0.6 is 11.6 Å². The topological polar surface area (TPSA) is 26.3 Å². The molecular formula is C11H11ClF2O2. The molecule has 0 saturated heterocycles. The Kier molecular flexibility index (Phi) is 4.24. The van der Waals surface area contributed by atoms with E-state index in [0.29, 0.717) is 6.07 Å². The van der Waals surface area contributed by atoms with E-state index < -0.39 is 16.9 Å². The van der Waals surface area contributed by atoms with Crippen LogP contribution in [-0.2, 0) is 0 Å². The Morgan fingerprint density at radius 2 is 2.06 bits per heavy atom. The first kappa shape index (κ1) is 12.9. The van der Waals surface area contributed by atoms with E-state index >= 15 is 0 Å². The van der Waals surface area contributed by atoms with Gasteiger partial charge in [-0.2, -0.15) is 0 Å². The van der Waals surface area contributed by atoms with E-state index in [2.05, 4.69) is 0 Å². The molecule has 16 heavy (non-hydrogen) atoms. The molecule has 1 aromatic carbocycles. The van der Waals surface area contributed by atoms with Gasteiger partial charge in [-0.25, -0.2) is 8.78 Å². The normalized spacial score (nSPS) is 10.6. The Balaban J connectivity index is 3.09. The van der Waals surface area contributed by atoms with Crippen LogP contribution in [-0.4, -0.2) is 11.8 Å². The molecule has 0 fully saturated rings. The van der Waals surface area contributed by atoms with Crippen LogP contribution in [0.15, 0.2) is 12.1 Å². The standard InChI is InChI=1S/C11H11ClF2O2/c1-6(2)5-16-10-8(11(12)15)3-7(13)4-9(10)14/h3-4,6H,5H2,1-2H3. The van der Waals surface area contributed by atoms with E-state index in [0.717, 1.165) is 6.07 Å². The lowest BCUT2D eigenvalue weighted by atomic mass is 10.2. The van der Waals surface area contributed by atoms with Crippen LogP contribution in [0.3, 0.4) is 0 Å². The van der Waals surface area contributed by atoms with Gasteiger partial charge >= 0.3 is 0 Å². The molecule has 0 heterocycles. The van der Waals surface area contributed by atoms with E-state index in [4.69, 9.17) is 16.3 Å². The molecule has 0 unspecified atom stereocenters. The van der Waals surface area contributed by atoms with Crippen molar-refractivity contribution in [2.75, 3.05) is 6.61 Å². The lowest BCUT2D eigenvalue weighted by molar-refractivity contribution is 0.107. The minimum atomic E-state index is -0.947. The van der Waals surface area contributed by atoms with Crippen LogP contribution < -0.4 is 4.74 Å². The van der Waals surface area contributed by atoms with Crippen molar-refractivity contribution in [1.82, 2.24) is 0 Å². The number of benzene rings is 1.